The first-order valence-electron chi connectivity index (χ1n) is 10.1. The molecular weight excluding hydrogens is 403 g/mol. The number of ether oxygens (including phenoxy) is 1. The first-order chi connectivity index (χ1) is 12.6. The molecule has 3 heterocycles. The summed E-state index contributed by atoms with van der Waals surface area (Å²) in [5.74, 6) is 0.488. The summed E-state index contributed by atoms with van der Waals surface area (Å²) in [7, 11) is 1.68. The summed E-state index contributed by atoms with van der Waals surface area (Å²) in [6.07, 6.45) is 5.18. The molecule has 164 valence electrons. The molecule has 28 heavy (non-hydrogen) atoms. The topological polar surface area (TPSA) is 65.1 Å². The number of hydrogen-bond acceptors (Lipinski definition) is 5. The Kier molecular flexibility index (Phi) is 11.1. The maximum atomic E-state index is 13.2. The van der Waals surface area contributed by atoms with Crippen molar-refractivity contribution in [1.82, 2.24) is 20.0 Å². The molecule has 2 amide bonds. The number of hydrogen-bond donors (Lipinski definition) is 1. The van der Waals surface area contributed by atoms with Gasteiger partial charge in [-0.1, -0.05) is 0 Å². The Balaban J connectivity index is 0.00000196. The summed E-state index contributed by atoms with van der Waals surface area (Å²) in [5, 5.41) is 3.34. The molecule has 9 heteroatoms. The number of amides is 2. The lowest BCUT2D eigenvalue weighted by Crippen LogP contribution is -2.57. The van der Waals surface area contributed by atoms with Crippen molar-refractivity contribution in [1.29, 1.82) is 0 Å². The van der Waals surface area contributed by atoms with Crippen LogP contribution in [0.5, 0.6) is 0 Å². The van der Waals surface area contributed by atoms with Crippen molar-refractivity contribution in [3.05, 3.63) is 0 Å². The largest absolute Gasteiger partial charge is 0.384 e. The summed E-state index contributed by atoms with van der Waals surface area (Å²) < 4.78 is 5.40. The van der Waals surface area contributed by atoms with Gasteiger partial charge in [-0.3, -0.25) is 14.5 Å². The van der Waals surface area contributed by atoms with E-state index in [0.29, 0.717) is 26.2 Å². The fourth-order valence-corrected chi connectivity index (χ4v) is 4.48. The van der Waals surface area contributed by atoms with Crippen LogP contribution in [-0.2, 0) is 14.3 Å². The van der Waals surface area contributed by atoms with E-state index in [2.05, 4.69) is 10.2 Å². The number of rotatable bonds is 5. The molecule has 3 fully saturated rings. The molecule has 0 spiro atoms. The number of likely N-dealkylation sites (tertiary alicyclic amines) is 1. The summed E-state index contributed by atoms with van der Waals surface area (Å²) in [6.45, 7) is 7.56. The Morgan fingerprint density at radius 1 is 0.893 bits per heavy atom. The van der Waals surface area contributed by atoms with Gasteiger partial charge < -0.3 is 19.9 Å². The molecule has 1 N–H and O–H groups in total. The van der Waals surface area contributed by atoms with Crippen LogP contribution >= 0.6 is 24.8 Å². The molecule has 7 nitrogen and oxygen atoms in total. The fourth-order valence-electron chi connectivity index (χ4n) is 4.48. The predicted molar refractivity (Wildman–Crippen MR) is 114 cm³/mol. The van der Waals surface area contributed by atoms with E-state index < -0.39 is 0 Å². The van der Waals surface area contributed by atoms with Crippen LogP contribution in [0.15, 0.2) is 0 Å². The van der Waals surface area contributed by atoms with Gasteiger partial charge >= 0.3 is 0 Å². The Morgan fingerprint density at radius 3 is 2.07 bits per heavy atom. The lowest BCUT2D eigenvalue weighted by Gasteiger charge is -2.42. The Morgan fingerprint density at radius 2 is 1.50 bits per heavy atom. The monoisotopic (exact) mass is 438 g/mol. The zero-order valence-electron chi connectivity index (χ0n) is 17.0. The van der Waals surface area contributed by atoms with Gasteiger partial charge in [0.1, 0.15) is 0 Å². The van der Waals surface area contributed by atoms with Crippen molar-refractivity contribution in [3.8, 4) is 0 Å². The highest BCUT2D eigenvalue weighted by molar-refractivity contribution is 5.85. The summed E-state index contributed by atoms with van der Waals surface area (Å²) in [6, 6.07) is 0. The van der Waals surface area contributed by atoms with Crippen LogP contribution in [0, 0.1) is 5.41 Å². The second-order valence-electron chi connectivity index (χ2n) is 7.97. The number of carbonyl (C=O) groups excluding carboxylic acids is 2. The van der Waals surface area contributed by atoms with Gasteiger partial charge in [-0.05, 0) is 45.2 Å². The second kappa shape index (κ2) is 12.2. The van der Waals surface area contributed by atoms with Crippen molar-refractivity contribution in [2.45, 2.75) is 32.1 Å². The number of piperazine rings is 1. The van der Waals surface area contributed by atoms with Crippen LogP contribution in [-0.4, -0.2) is 99.1 Å². The van der Waals surface area contributed by atoms with E-state index in [1.165, 1.54) is 6.42 Å². The standard InChI is InChI=1S/C19H34N4O3.2ClH/c1-26-16-19(5-7-20-8-6-19)18(25)23-13-11-21(12-14-23)15-17(24)22-9-3-2-4-10-22;;/h20H,2-16H2,1H3;2*1H. The molecule has 0 atom stereocenters. The highest BCUT2D eigenvalue weighted by Crippen LogP contribution is 2.32. The van der Waals surface area contributed by atoms with Crippen molar-refractivity contribution in [3.63, 3.8) is 0 Å². The maximum absolute atomic E-state index is 13.2. The van der Waals surface area contributed by atoms with Gasteiger partial charge in [0.15, 0.2) is 0 Å². The molecule has 0 radical (unpaired) electrons. The number of halogens is 2. The van der Waals surface area contributed by atoms with Crippen LogP contribution in [0.3, 0.4) is 0 Å². The van der Waals surface area contributed by atoms with Gasteiger partial charge in [0, 0.05) is 46.4 Å². The molecule has 3 saturated heterocycles. The van der Waals surface area contributed by atoms with E-state index in [1.54, 1.807) is 7.11 Å². The first kappa shape index (κ1) is 25.4. The third-order valence-electron chi connectivity index (χ3n) is 6.16. The third-order valence-corrected chi connectivity index (χ3v) is 6.16. The zero-order valence-corrected chi connectivity index (χ0v) is 18.6. The summed E-state index contributed by atoms with van der Waals surface area (Å²) in [4.78, 5) is 31.8. The minimum absolute atomic E-state index is 0. The number of methoxy groups -OCH3 is 1. The fraction of sp³-hybridized carbons (Fsp3) is 0.895. The molecule has 3 rings (SSSR count). The number of nitrogens with one attached hydrogen (secondary N) is 1. The van der Waals surface area contributed by atoms with Gasteiger partial charge in [-0.25, -0.2) is 0 Å². The quantitative estimate of drug-likeness (QED) is 0.693. The minimum atomic E-state index is -0.369. The molecule has 3 aliphatic rings. The van der Waals surface area contributed by atoms with E-state index in [4.69, 9.17) is 4.74 Å². The predicted octanol–water partition coefficient (Wildman–Crippen LogP) is 1.00. The van der Waals surface area contributed by atoms with Crippen molar-refractivity contribution >= 4 is 36.6 Å². The van der Waals surface area contributed by atoms with Crippen LogP contribution in [0.4, 0.5) is 0 Å². The van der Waals surface area contributed by atoms with Crippen LogP contribution < -0.4 is 5.32 Å². The third kappa shape index (κ3) is 6.20. The number of nitrogens with zero attached hydrogens (tertiary/aromatic N) is 3. The molecule has 0 unspecified atom stereocenters. The number of piperidine rings is 2. The van der Waals surface area contributed by atoms with Crippen LogP contribution in [0.1, 0.15) is 32.1 Å². The highest BCUT2D eigenvalue weighted by Gasteiger charge is 2.42. The average Bonchev–Trinajstić information content (AvgIpc) is 2.69. The smallest absolute Gasteiger partial charge is 0.236 e. The molecule has 0 aliphatic carbocycles. The Labute approximate surface area is 181 Å². The van der Waals surface area contributed by atoms with E-state index in [9.17, 15) is 9.59 Å². The summed E-state index contributed by atoms with van der Waals surface area (Å²) in [5.41, 5.74) is -0.369. The van der Waals surface area contributed by atoms with E-state index in [1.807, 2.05) is 9.80 Å². The van der Waals surface area contributed by atoms with E-state index in [0.717, 1.165) is 65.0 Å². The summed E-state index contributed by atoms with van der Waals surface area (Å²) >= 11 is 0. The molecule has 0 bridgehead atoms. The minimum Gasteiger partial charge on any atom is -0.384 e. The normalized spacial score (nSPS) is 22.8. The second-order valence-corrected chi connectivity index (χ2v) is 7.97. The molecular formula is C19H36Cl2N4O3. The molecule has 0 aromatic carbocycles. The Hall–Kier alpha value is -0.600. The van der Waals surface area contributed by atoms with Gasteiger partial charge in [-0.2, -0.15) is 0 Å². The van der Waals surface area contributed by atoms with E-state index in [-0.39, 0.29) is 42.0 Å². The number of carbonyl (C=O) groups is 2. The average molecular weight is 439 g/mol. The van der Waals surface area contributed by atoms with Crippen LogP contribution in [0.25, 0.3) is 0 Å². The Bertz CT molecular complexity index is 484. The van der Waals surface area contributed by atoms with Crippen LogP contribution in [0.2, 0.25) is 0 Å². The SMILES string of the molecule is COCC1(C(=O)N2CCN(CC(=O)N3CCCCC3)CC2)CCNCC1.Cl.Cl. The first-order valence-corrected chi connectivity index (χ1v) is 10.1. The van der Waals surface area contributed by atoms with Gasteiger partial charge in [0.25, 0.3) is 0 Å². The maximum Gasteiger partial charge on any atom is 0.236 e. The molecule has 0 saturated carbocycles. The molecule has 0 aromatic rings. The van der Waals surface area contributed by atoms with Gasteiger partial charge in [0.05, 0.1) is 18.6 Å². The molecule has 0 aromatic heterocycles. The van der Waals surface area contributed by atoms with Crippen molar-refractivity contribution in [2.24, 2.45) is 5.41 Å². The molecule has 3 aliphatic heterocycles. The van der Waals surface area contributed by atoms with Gasteiger partial charge in [-0.15, -0.1) is 24.8 Å². The van der Waals surface area contributed by atoms with Crippen molar-refractivity contribution < 1.29 is 14.3 Å². The highest BCUT2D eigenvalue weighted by atomic mass is 35.5. The lowest BCUT2D eigenvalue weighted by atomic mass is 9.78. The zero-order chi connectivity index (χ0) is 18.4. The lowest BCUT2D eigenvalue weighted by molar-refractivity contribution is -0.149. The van der Waals surface area contributed by atoms with Gasteiger partial charge in [0.2, 0.25) is 11.8 Å². The van der Waals surface area contributed by atoms with E-state index >= 15 is 0 Å². The van der Waals surface area contributed by atoms with Crippen molar-refractivity contribution in [2.75, 3.05) is 72.6 Å².